The predicted octanol–water partition coefficient (Wildman–Crippen LogP) is 3.93. The van der Waals surface area contributed by atoms with Crippen LogP contribution in [0.1, 0.15) is 43.1 Å². The first kappa shape index (κ1) is 16.8. The molecule has 21 heavy (non-hydrogen) atoms. The zero-order valence-electron chi connectivity index (χ0n) is 12.3. The summed E-state index contributed by atoms with van der Waals surface area (Å²) in [7, 11) is 0. The van der Waals surface area contributed by atoms with Gasteiger partial charge in [0, 0.05) is 20.8 Å². The average molecular weight is 419 g/mol. The molecule has 1 aromatic carbocycles. The number of rotatable bonds is 4. The number of nitrogens with one attached hydrogen (secondary N) is 1. The van der Waals surface area contributed by atoms with E-state index in [2.05, 4.69) is 59.2 Å². The third-order valence-corrected chi connectivity index (χ3v) is 5.04. The molecule has 2 rings (SSSR count). The molecule has 1 aromatic heterocycles. The van der Waals surface area contributed by atoms with Crippen LogP contribution in [0.25, 0.3) is 0 Å². The lowest BCUT2D eigenvalue weighted by atomic mass is 9.93. The Balaban J connectivity index is 2.21. The number of benzene rings is 1. The van der Waals surface area contributed by atoms with Crippen LogP contribution in [-0.4, -0.2) is 4.98 Å². The van der Waals surface area contributed by atoms with Crippen LogP contribution in [0.15, 0.2) is 23.6 Å². The van der Waals surface area contributed by atoms with E-state index < -0.39 is 0 Å². The van der Waals surface area contributed by atoms with Crippen molar-refractivity contribution in [2.45, 2.75) is 38.6 Å². The molecule has 6 heteroatoms. The first-order valence-corrected chi connectivity index (χ1v) is 8.63. The summed E-state index contributed by atoms with van der Waals surface area (Å²) in [5.41, 5.74) is 4.94. The molecular weight excluding hydrogens is 400 g/mol. The number of nitrogens with two attached hydrogens (primary N) is 1. The molecule has 0 saturated heterocycles. The van der Waals surface area contributed by atoms with Crippen molar-refractivity contribution in [3.8, 4) is 0 Å². The number of hydrogen-bond acceptors (Lipinski definition) is 4. The number of thiazole rings is 1. The number of nitrogens with zero attached hydrogens (tertiary/aromatic N) is 1. The van der Waals surface area contributed by atoms with Crippen LogP contribution >= 0.6 is 33.9 Å². The predicted molar refractivity (Wildman–Crippen MR) is 93.7 cm³/mol. The molecule has 0 fully saturated rings. The van der Waals surface area contributed by atoms with E-state index in [4.69, 9.17) is 5.84 Å². The van der Waals surface area contributed by atoms with Gasteiger partial charge in [0.2, 0.25) is 0 Å². The Morgan fingerprint density at radius 1 is 1.43 bits per heavy atom. The van der Waals surface area contributed by atoms with Gasteiger partial charge in [-0.2, -0.15) is 0 Å². The highest BCUT2D eigenvalue weighted by Crippen LogP contribution is 2.28. The summed E-state index contributed by atoms with van der Waals surface area (Å²) in [6, 6.07) is 4.68. The van der Waals surface area contributed by atoms with E-state index in [0.717, 1.165) is 19.8 Å². The Labute approximate surface area is 142 Å². The van der Waals surface area contributed by atoms with Gasteiger partial charge in [0.05, 0.1) is 16.7 Å². The largest absolute Gasteiger partial charge is 0.271 e. The van der Waals surface area contributed by atoms with Crippen molar-refractivity contribution in [3.63, 3.8) is 0 Å². The minimum absolute atomic E-state index is 0.0463. The van der Waals surface area contributed by atoms with Gasteiger partial charge >= 0.3 is 0 Å². The molecule has 0 amide bonds. The lowest BCUT2D eigenvalue weighted by Crippen LogP contribution is -2.30. The average Bonchev–Trinajstić information content (AvgIpc) is 2.85. The molecule has 0 saturated carbocycles. The van der Waals surface area contributed by atoms with Gasteiger partial charge in [-0.25, -0.2) is 9.37 Å². The second kappa shape index (κ2) is 6.68. The molecule has 0 spiro atoms. The van der Waals surface area contributed by atoms with Crippen LogP contribution in [-0.2, 0) is 11.8 Å². The van der Waals surface area contributed by atoms with Crippen molar-refractivity contribution in [2.75, 3.05) is 0 Å². The minimum atomic E-state index is -0.233. The molecule has 0 radical (unpaired) electrons. The standard InChI is InChI=1S/C15H19FIN3S/c1-15(2,3)13-8-21-14(19-13)7-12(20-18)10-5-4-9(16)6-11(10)17/h4-6,8,12,20H,7,18H2,1-3H3. The summed E-state index contributed by atoms with van der Waals surface area (Å²) in [4.78, 5) is 4.69. The highest BCUT2D eigenvalue weighted by molar-refractivity contribution is 14.1. The molecule has 1 atom stereocenters. The van der Waals surface area contributed by atoms with E-state index >= 15 is 0 Å². The third kappa shape index (κ3) is 4.21. The fraction of sp³-hybridized carbons (Fsp3) is 0.400. The molecular formula is C15H19FIN3S. The normalized spacial score (nSPS) is 13.4. The fourth-order valence-electron chi connectivity index (χ4n) is 1.97. The van der Waals surface area contributed by atoms with Crippen LogP contribution in [0.3, 0.4) is 0 Å². The molecule has 1 unspecified atom stereocenters. The van der Waals surface area contributed by atoms with Gasteiger partial charge in [0.1, 0.15) is 5.82 Å². The van der Waals surface area contributed by atoms with Crippen LogP contribution in [0.5, 0.6) is 0 Å². The second-order valence-corrected chi connectivity index (χ2v) is 8.07. The molecule has 0 aliphatic heterocycles. The molecule has 114 valence electrons. The van der Waals surface area contributed by atoms with Gasteiger partial charge in [-0.15, -0.1) is 11.3 Å². The van der Waals surface area contributed by atoms with E-state index in [1.54, 1.807) is 17.4 Å². The van der Waals surface area contributed by atoms with E-state index in [1.807, 2.05) is 0 Å². The van der Waals surface area contributed by atoms with Crippen molar-refractivity contribution in [3.05, 3.63) is 49.2 Å². The molecule has 0 aliphatic carbocycles. The number of aromatic nitrogens is 1. The van der Waals surface area contributed by atoms with Crippen LogP contribution in [0, 0.1) is 9.39 Å². The Morgan fingerprint density at radius 2 is 2.14 bits per heavy atom. The van der Waals surface area contributed by atoms with Gasteiger partial charge in [-0.05, 0) is 40.3 Å². The van der Waals surface area contributed by atoms with Crippen molar-refractivity contribution >= 4 is 33.9 Å². The van der Waals surface area contributed by atoms with Crippen molar-refractivity contribution in [1.82, 2.24) is 10.4 Å². The summed E-state index contributed by atoms with van der Waals surface area (Å²) < 4.78 is 14.1. The van der Waals surface area contributed by atoms with Gasteiger partial charge in [0.25, 0.3) is 0 Å². The Kier molecular flexibility index (Phi) is 5.34. The SMILES string of the molecule is CC(C)(C)c1csc(CC(NN)c2ccc(F)cc2I)n1. The number of hydrazine groups is 1. The van der Waals surface area contributed by atoms with Gasteiger partial charge in [0.15, 0.2) is 0 Å². The molecule has 1 heterocycles. The maximum atomic E-state index is 13.2. The number of halogens is 2. The molecule has 3 N–H and O–H groups in total. The highest BCUT2D eigenvalue weighted by Gasteiger charge is 2.20. The third-order valence-electron chi connectivity index (χ3n) is 3.24. The fourth-order valence-corrected chi connectivity index (χ4v) is 3.89. The zero-order valence-corrected chi connectivity index (χ0v) is 15.3. The molecule has 3 nitrogen and oxygen atoms in total. The lowest BCUT2D eigenvalue weighted by Gasteiger charge is -2.17. The smallest absolute Gasteiger partial charge is 0.124 e. The number of hydrogen-bond donors (Lipinski definition) is 2. The van der Waals surface area contributed by atoms with E-state index in [9.17, 15) is 4.39 Å². The molecule has 0 bridgehead atoms. The maximum Gasteiger partial charge on any atom is 0.124 e. The van der Waals surface area contributed by atoms with Gasteiger partial charge in [-0.1, -0.05) is 26.8 Å². The monoisotopic (exact) mass is 419 g/mol. The Bertz CT molecular complexity index is 622. The van der Waals surface area contributed by atoms with Crippen molar-refractivity contribution in [1.29, 1.82) is 0 Å². The molecule has 2 aromatic rings. The summed E-state index contributed by atoms with van der Waals surface area (Å²) >= 11 is 3.77. The molecule has 0 aliphatic rings. The quantitative estimate of drug-likeness (QED) is 0.449. The van der Waals surface area contributed by atoms with Crippen LogP contribution in [0.4, 0.5) is 4.39 Å². The topological polar surface area (TPSA) is 50.9 Å². The van der Waals surface area contributed by atoms with Crippen molar-refractivity contribution < 1.29 is 4.39 Å². The van der Waals surface area contributed by atoms with E-state index in [1.165, 1.54) is 12.1 Å². The van der Waals surface area contributed by atoms with Gasteiger partial charge < -0.3 is 0 Å². The lowest BCUT2D eigenvalue weighted by molar-refractivity contribution is 0.537. The van der Waals surface area contributed by atoms with Gasteiger partial charge in [-0.3, -0.25) is 11.3 Å². The summed E-state index contributed by atoms with van der Waals surface area (Å²) in [6.07, 6.45) is 0.693. The first-order chi connectivity index (χ1) is 9.81. The summed E-state index contributed by atoms with van der Waals surface area (Å²) in [5.74, 6) is 5.45. The minimum Gasteiger partial charge on any atom is -0.271 e. The Hall–Kier alpha value is -0.570. The maximum absolute atomic E-state index is 13.2. The Morgan fingerprint density at radius 3 is 2.67 bits per heavy atom. The summed E-state index contributed by atoms with van der Waals surface area (Å²) in [5, 5.41) is 3.13. The first-order valence-electron chi connectivity index (χ1n) is 6.67. The van der Waals surface area contributed by atoms with E-state index in [-0.39, 0.29) is 17.3 Å². The van der Waals surface area contributed by atoms with Crippen LogP contribution in [0.2, 0.25) is 0 Å². The summed E-state index contributed by atoms with van der Waals surface area (Å²) in [6.45, 7) is 6.44. The highest BCUT2D eigenvalue weighted by atomic mass is 127. The van der Waals surface area contributed by atoms with E-state index in [0.29, 0.717) is 6.42 Å². The second-order valence-electron chi connectivity index (χ2n) is 5.97. The van der Waals surface area contributed by atoms with Crippen molar-refractivity contribution in [2.24, 2.45) is 5.84 Å². The van der Waals surface area contributed by atoms with Crippen LogP contribution < -0.4 is 11.3 Å². The zero-order chi connectivity index (χ0) is 15.6.